The van der Waals surface area contributed by atoms with Gasteiger partial charge in [0.1, 0.15) is 5.84 Å². The van der Waals surface area contributed by atoms with Crippen molar-refractivity contribution >= 4 is 17.2 Å². The molecule has 1 N–H and O–H groups in total. The number of nitrogens with one attached hydrogen (secondary N) is 1. The van der Waals surface area contributed by atoms with E-state index in [-0.39, 0.29) is 0 Å². The Morgan fingerprint density at radius 2 is 1.79 bits per heavy atom. The zero-order valence-electron chi connectivity index (χ0n) is 11.0. The number of benzene rings is 2. The Morgan fingerprint density at radius 3 is 2.58 bits per heavy atom. The van der Waals surface area contributed by atoms with Crippen molar-refractivity contribution in [3.63, 3.8) is 0 Å². The van der Waals surface area contributed by atoms with Crippen LogP contribution in [0.2, 0.25) is 0 Å². The first-order valence-corrected chi connectivity index (χ1v) is 6.61. The third-order valence-corrected chi connectivity index (χ3v) is 3.24. The van der Waals surface area contributed by atoms with Crippen LogP contribution in [0.15, 0.2) is 59.6 Å². The van der Waals surface area contributed by atoms with Crippen molar-refractivity contribution in [3.05, 3.63) is 60.2 Å². The van der Waals surface area contributed by atoms with Crippen LogP contribution in [0.4, 0.5) is 11.4 Å². The highest BCUT2D eigenvalue weighted by molar-refractivity contribution is 5.87. The van der Waals surface area contributed by atoms with Gasteiger partial charge in [-0.25, -0.2) is 4.99 Å². The smallest absolute Gasteiger partial charge is 0.121 e. The molecule has 0 unspecified atom stereocenters. The van der Waals surface area contributed by atoms with E-state index in [0.717, 1.165) is 30.2 Å². The minimum Gasteiger partial charge on any atom is -0.285 e. The van der Waals surface area contributed by atoms with Gasteiger partial charge in [0.2, 0.25) is 0 Å². The predicted molar refractivity (Wildman–Crippen MR) is 79.6 cm³/mol. The fraction of sp³-hybridized carbons (Fsp3) is 0.188. The average Bonchev–Trinajstić information content (AvgIpc) is 2.67. The fourth-order valence-corrected chi connectivity index (χ4v) is 2.21. The summed E-state index contributed by atoms with van der Waals surface area (Å²) in [6.45, 7) is 2.93. The third-order valence-electron chi connectivity index (χ3n) is 3.24. The molecule has 1 aliphatic heterocycles. The number of fused-ring (bicyclic) bond motifs is 1. The van der Waals surface area contributed by atoms with Gasteiger partial charge in [0.15, 0.2) is 0 Å². The van der Waals surface area contributed by atoms with Crippen molar-refractivity contribution in [2.24, 2.45) is 4.99 Å². The lowest BCUT2D eigenvalue weighted by atomic mass is 10.1. The van der Waals surface area contributed by atoms with E-state index in [1.807, 2.05) is 12.1 Å². The molecule has 3 nitrogen and oxygen atoms in total. The zero-order chi connectivity index (χ0) is 13.1. The van der Waals surface area contributed by atoms with Crippen LogP contribution in [0, 0.1) is 0 Å². The van der Waals surface area contributed by atoms with Crippen LogP contribution in [0.3, 0.4) is 0 Å². The van der Waals surface area contributed by atoms with Gasteiger partial charge < -0.3 is 0 Å². The molecule has 1 aliphatic rings. The van der Waals surface area contributed by atoms with Crippen LogP contribution < -0.4 is 10.4 Å². The summed E-state index contributed by atoms with van der Waals surface area (Å²) in [5.41, 5.74) is 6.86. The maximum Gasteiger partial charge on any atom is 0.121 e. The first-order valence-electron chi connectivity index (χ1n) is 6.61. The summed E-state index contributed by atoms with van der Waals surface area (Å²) in [6, 6.07) is 18.7. The molecule has 3 rings (SSSR count). The largest absolute Gasteiger partial charge is 0.285 e. The SMILES string of the molecule is CCC1=Nc2ccccc2CN(c2ccccc2)N1. The molecule has 0 aromatic heterocycles. The van der Waals surface area contributed by atoms with Crippen LogP contribution >= 0.6 is 0 Å². The highest BCUT2D eigenvalue weighted by Gasteiger charge is 2.15. The van der Waals surface area contributed by atoms with E-state index in [1.54, 1.807) is 0 Å². The molecular weight excluding hydrogens is 234 g/mol. The molecule has 2 aromatic rings. The highest BCUT2D eigenvalue weighted by atomic mass is 15.5. The molecule has 96 valence electrons. The zero-order valence-corrected chi connectivity index (χ0v) is 11.0. The Kier molecular flexibility index (Phi) is 3.19. The van der Waals surface area contributed by atoms with Gasteiger partial charge in [0.05, 0.1) is 17.9 Å². The quantitative estimate of drug-likeness (QED) is 0.882. The molecule has 1 heterocycles. The van der Waals surface area contributed by atoms with Crippen LogP contribution in [0.5, 0.6) is 0 Å². The van der Waals surface area contributed by atoms with Crippen LogP contribution in [0.25, 0.3) is 0 Å². The number of anilines is 1. The standard InChI is InChI=1S/C16H17N3/c1-2-16-17-15-11-7-6-8-13(15)12-19(18-16)14-9-4-3-5-10-14/h3-11H,2,12H2,1H3,(H,17,18). The third kappa shape index (κ3) is 2.45. The minimum atomic E-state index is 0.813. The minimum absolute atomic E-state index is 0.813. The van der Waals surface area contributed by atoms with Gasteiger partial charge in [-0.2, -0.15) is 0 Å². The Bertz CT molecular complexity index is 590. The fourth-order valence-electron chi connectivity index (χ4n) is 2.21. The molecule has 19 heavy (non-hydrogen) atoms. The van der Waals surface area contributed by atoms with E-state index in [2.05, 4.69) is 59.8 Å². The highest BCUT2D eigenvalue weighted by Crippen LogP contribution is 2.25. The number of amidine groups is 1. The summed E-state index contributed by atoms with van der Waals surface area (Å²) in [4.78, 5) is 4.70. The maximum atomic E-state index is 4.70. The molecule has 0 bridgehead atoms. The maximum absolute atomic E-state index is 4.70. The van der Waals surface area contributed by atoms with Gasteiger partial charge >= 0.3 is 0 Å². The van der Waals surface area contributed by atoms with Crippen LogP contribution in [0.1, 0.15) is 18.9 Å². The van der Waals surface area contributed by atoms with Gasteiger partial charge in [0.25, 0.3) is 0 Å². The van der Waals surface area contributed by atoms with Gasteiger partial charge in [0, 0.05) is 6.42 Å². The van der Waals surface area contributed by atoms with E-state index < -0.39 is 0 Å². The Morgan fingerprint density at radius 1 is 1.05 bits per heavy atom. The molecule has 0 saturated heterocycles. The molecular formula is C16H17N3. The number of rotatable bonds is 2. The van der Waals surface area contributed by atoms with E-state index >= 15 is 0 Å². The lowest BCUT2D eigenvalue weighted by Crippen LogP contribution is -2.40. The number of hydrogen-bond acceptors (Lipinski definition) is 3. The Hall–Kier alpha value is -2.29. The summed E-state index contributed by atoms with van der Waals surface area (Å²) in [7, 11) is 0. The van der Waals surface area contributed by atoms with E-state index in [1.165, 1.54) is 5.56 Å². The Labute approximate surface area is 113 Å². The second kappa shape index (κ2) is 5.14. The number of hydrazine groups is 1. The summed E-state index contributed by atoms with van der Waals surface area (Å²) in [6.07, 6.45) is 0.887. The molecule has 0 aliphatic carbocycles. The van der Waals surface area contributed by atoms with Crippen molar-refractivity contribution in [1.29, 1.82) is 0 Å². The molecule has 0 atom stereocenters. The second-order valence-electron chi connectivity index (χ2n) is 4.57. The molecule has 0 saturated carbocycles. The van der Waals surface area contributed by atoms with Crippen LogP contribution in [-0.4, -0.2) is 5.84 Å². The van der Waals surface area contributed by atoms with E-state index in [4.69, 9.17) is 4.99 Å². The molecule has 3 heteroatoms. The summed E-state index contributed by atoms with van der Waals surface area (Å²) in [5.74, 6) is 0.994. The molecule has 0 amide bonds. The van der Waals surface area contributed by atoms with Gasteiger partial charge in [-0.1, -0.05) is 43.3 Å². The predicted octanol–water partition coefficient (Wildman–Crippen LogP) is 3.65. The van der Waals surface area contributed by atoms with E-state index in [9.17, 15) is 0 Å². The lowest BCUT2D eigenvalue weighted by Gasteiger charge is -2.25. The van der Waals surface area contributed by atoms with Gasteiger partial charge in [-0.15, -0.1) is 0 Å². The summed E-state index contributed by atoms with van der Waals surface area (Å²) < 4.78 is 0. The number of hydrogen-bond donors (Lipinski definition) is 1. The number of aliphatic imine (C=N–C) groups is 1. The molecule has 0 spiro atoms. The van der Waals surface area contributed by atoms with Crippen molar-refractivity contribution < 1.29 is 0 Å². The van der Waals surface area contributed by atoms with Crippen molar-refractivity contribution in [2.45, 2.75) is 19.9 Å². The Balaban J connectivity index is 2.00. The summed E-state index contributed by atoms with van der Waals surface area (Å²) in [5, 5.41) is 2.15. The summed E-state index contributed by atoms with van der Waals surface area (Å²) >= 11 is 0. The normalized spacial score (nSPS) is 14.2. The average molecular weight is 251 g/mol. The van der Waals surface area contributed by atoms with Crippen molar-refractivity contribution in [1.82, 2.24) is 5.43 Å². The van der Waals surface area contributed by atoms with Crippen molar-refractivity contribution in [3.8, 4) is 0 Å². The van der Waals surface area contributed by atoms with Crippen molar-refractivity contribution in [2.75, 3.05) is 5.01 Å². The van der Waals surface area contributed by atoms with Gasteiger partial charge in [-0.05, 0) is 23.8 Å². The molecule has 0 fully saturated rings. The second-order valence-corrected chi connectivity index (χ2v) is 4.57. The lowest BCUT2D eigenvalue weighted by molar-refractivity contribution is 0.764. The monoisotopic (exact) mass is 251 g/mol. The van der Waals surface area contributed by atoms with Crippen LogP contribution in [-0.2, 0) is 6.54 Å². The first kappa shape index (κ1) is 11.8. The number of para-hydroxylation sites is 2. The molecule has 2 aromatic carbocycles. The first-order chi connectivity index (χ1) is 9.36. The van der Waals surface area contributed by atoms with Gasteiger partial charge in [-0.3, -0.25) is 10.4 Å². The van der Waals surface area contributed by atoms with E-state index in [0.29, 0.717) is 0 Å². The molecule has 0 radical (unpaired) electrons. The number of nitrogens with zero attached hydrogens (tertiary/aromatic N) is 2. The topological polar surface area (TPSA) is 27.6 Å².